The number of nitrogens with zero attached hydrogens (tertiary/aromatic N) is 2. The Kier molecular flexibility index (Phi) is 8.72. The summed E-state index contributed by atoms with van der Waals surface area (Å²) in [6, 6.07) is 0. The normalized spacial score (nSPS) is 17.9. The molecule has 0 aromatic heterocycles. The zero-order chi connectivity index (χ0) is 16.1. The van der Waals surface area contributed by atoms with Gasteiger partial charge in [-0.1, -0.05) is 13.8 Å². The van der Waals surface area contributed by atoms with Gasteiger partial charge in [-0.3, -0.25) is 9.79 Å². The van der Waals surface area contributed by atoms with Crippen LogP contribution in [0.2, 0.25) is 0 Å². The minimum absolute atomic E-state index is 0. The Morgan fingerprint density at radius 1 is 1.32 bits per heavy atom. The van der Waals surface area contributed by atoms with Crippen LogP contribution in [0.25, 0.3) is 0 Å². The minimum Gasteiger partial charge on any atom is -0.359 e. The number of halogens is 1. The van der Waals surface area contributed by atoms with E-state index in [1.807, 2.05) is 20.9 Å². The second-order valence-electron chi connectivity index (χ2n) is 6.74. The second kappa shape index (κ2) is 8.93. The zero-order valence-corrected chi connectivity index (χ0v) is 17.3. The molecule has 1 rings (SSSR count). The Balaban J connectivity index is 0.00000441. The Morgan fingerprint density at radius 3 is 2.32 bits per heavy atom. The molecule has 0 aromatic rings. The first kappa shape index (κ1) is 21.5. The van der Waals surface area contributed by atoms with Gasteiger partial charge < -0.3 is 15.5 Å². The SMILES string of the molecule is CCC1(CC)CCN(C(=NC)NCC(C)(C)C(=O)NC)C1.I. The van der Waals surface area contributed by atoms with Crippen LogP contribution in [-0.2, 0) is 4.79 Å². The predicted octanol–water partition coefficient (Wildman–Crippen LogP) is 2.46. The number of nitrogens with one attached hydrogen (secondary N) is 2. The lowest BCUT2D eigenvalue weighted by molar-refractivity contribution is -0.128. The molecule has 0 bridgehead atoms. The molecule has 1 fully saturated rings. The molecule has 1 saturated heterocycles. The van der Waals surface area contributed by atoms with Gasteiger partial charge in [-0.2, -0.15) is 0 Å². The van der Waals surface area contributed by atoms with Gasteiger partial charge in [0.2, 0.25) is 5.91 Å². The maximum atomic E-state index is 11.8. The molecule has 0 spiro atoms. The van der Waals surface area contributed by atoms with Crippen LogP contribution < -0.4 is 10.6 Å². The minimum atomic E-state index is -0.447. The van der Waals surface area contributed by atoms with E-state index in [-0.39, 0.29) is 29.9 Å². The number of likely N-dealkylation sites (tertiary alicyclic amines) is 1. The number of hydrogen-bond donors (Lipinski definition) is 2. The number of hydrogen-bond acceptors (Lipinski definition) is 2. The molecule has 0 saturated carbocycles. The van der Waals surface area contributed by atoms with Crippen LogP contribution in [0.1, 0.15) is 47.0 Å². The quantitative estimate of drug-likeness (QED) is 0.405. The van der Waals surface area contributed by atoms with Crippen LogP contribution in [0.15, 0.2) is 4.99 Å². The lowest BCUT2D eigenvalue weighted by Gasteiger charge is -2.30. The van der Waals surface area contributed by atoms with E-state index in [9.17, 15) is 4.79 Å². The third-order valence-corrected chi connectivity index (χ3v) is 4.98. The van der Waals surface area contributed by atoms with Gasteiger partial charge in [-0.25, -0.2) is 0 Å². The van der Waals surface area contributed by atoms with E-state index in [4.69, 9.17) is 0 Å². The molecule has 1 aliphatic rings. The van der Waals surface area contributed by atoms with Crippen molar-refractivity contribution in [2.75, 3.05) is 33.7 Å². The Bertz CT molecular complexity index is 392. The molecule has 0 radical (unpaired) electrons. The largest absolute Gasteiger partial charge is 0.359 e. The lowest BCUT2D eigenvalue weighted by Crippen LogP contribution is -2.48. The smallest absolute Gasteiger partial charge is 0.227 e. The summed E-state index contributed by atoms with van der Waals surface area (Å²) in [5.41, 5.74) is -0.0229. The fourth-order valence-corrected chi connectivity index (χ4v) is 2.99. The van der Waals surface area contributed by atoms with E-state index in [0.29, 0.717) is 12.0 Å². The Labute approximate surface area is 152 Å². The average molecular weight is 424 g/mol. The summed E-state index contributed by atoms with van der Waals surface area (Å²) in [6.07, 6.45) is 3.64. The van der Waals surface area contributed by atoms with Gasteiger partial charge in [0.25, 0.3) is 0 Å². The molecule has 0 atom stereocenters. The third-order valence-electron chi connectivity index (χ3n) is 4.98. The highest BCUT2D eigenvalue weighted by molar-refractivity contribution is 14.0. The van der Waals surface area contributed by atoms with Gasteiger partial charge >= 0.3 is 0 Å². The van der Waals surface area contributed by atoms with Crippen molar-refractivity contribution in [3.8, 4) is 0 Å². The van der Waals surface area contributed by atoms with E-state index in [1.54, 1.807) is 7.05 Å². The van der Waals surface area contributed by atoms with Gasteiger partial charge in [0.1, 0.15) is 0 Å². The number of guanidine groups is 1. The van der Waals surface area contributed by atoms with Gasteiger partial charge in [0, 0.05) is 33.7 Å². The van der Waals surface area contributed by atoms with Crippen molar-refractivity contribution in [3.63, 3.8) is 0 Å². The van der Waals surface area contributed by atoms with Crippen molar-refractivity contribution in [1.82, 2.24) is 15.5 Å². The summed E-state index contributed by atoms with van der Waals surface area (Å²) in [6.45, 7) is 11.1. The molecule has 0 unspecified atom stereocenters. The van der Waals surface area contributed by atoms with Crippen LogP contribution in [0, 0.1) is 10.8 Å². The summed E-state index contributed by atoms with van der Waals surface area (Å²) >= 11 is 0. The molecular weight excluding hydrogens is 391 g/mol. The molecule has 1 amide bonds. The van der Waals surface area contributed by atoms with Crippen molar-refractivity contribution in [2.45, 2.75) is 47.0 Å². The maximum Gasteiger partial charge on any atom is 0.227 e. The van der Waals surface area contributed by atoms with Crippen LogP contribution in [-0.4, -0.2) is 50.5 Å². The summed E-state index contributed by atoms with van der Waals surface area (Å²) < 4.78 is 0. The zero-order valence-electron chi connectivity index (χ0n) is 15.0. The topological polar surface area (TPSA) is 56.7 Å². The van der Waals surface area contributed by atoms with E-state index >= 15 is 0 Å². The van der Waals surface area contributed by atoms with Crippen molar-refractivity contribution >= 4 is 35.8 Å². The summed E-state index contributed by atoms with van der Waals surface area (Å²) in [5.74, 6) is 0.957. The highest BCUT2D eigenvalue weighted by Crippen LogP contribution is 2.36. The van der Waals surface area contributed by atoms with Crippen LogP contribution >= 0.6 is 24.0 Å². The third kappa shape index (κ3) is 4.99. The monoisotopic (exact) mass is 424 g/mol. The van der Waals surface area contributed by atoms with Gasteiger partial charge in [-0.05, 0) is 38.5 Å². The van der Waals surface area contributed by atoms with Crippen molar-refractivity contribution < 1.29 is 4.79 Å². The molecule has 0 aliphatic carbocycles. The first-order valence-corrected chi connectivity index (χ1v) is 8.02. The number of amides is 1. The summed E-state index contributed by atoms with van der Waals surface area (Å²) in [4.78, 5) is 18.6. The molecular formula is C16H33IN4O. The van der Waals surface area contributed by atoms with E-state index < -0.39 is 5.41 Å². The van der Waals surface area contributed by atoms with Crippen molar-refractivity contribution in [2.24, 2.45) is 15.8 Å². The summed E-state index contributed by atoms with van der Waals surface area (Å²) in [5, 5.41) is 6.08. The summed E-state index contributed by atoms with van der Waals surface area (Å²) in [7, 11) is 3.49. The van der Waals surface area contributed by atoms with Crippen LogP contribution in [0.4, 0.5) is 0 Å². The Morgan fingerprint density at radius 2 is 1.91 bits per heavy atom. The van der Waals surface area contributed by atoms with Gasteiger partial charge in [0.15, 0.2) is 5.96 Å². The van der Waals surface area contributed by atoms with E-state index in [2.05, 4.69) is 34.4 Å². The molecule has 1 heterocycles. The molecule has 22 heavy (non-hydrogen) atoms. The standard InChI is InChI=1S/C16H32N4O.HI/c1-7-16(8-2)9-10-20(12-16)14(18-6)19-11-15(3,4)13(21)17-5;/h7-12H2,1-6H3,(H,17,21)(H,18,19);1H. The molecule has 2 N–H and O–H groups in total. The Hall–Kier alpha value is -0.530. The van der Waals surface area contributed by atoms with Gasteiger partial charge in [0.05, 0.1) is 5.41 Å². The fourth-order valence-electron chi connectivity index (χ4n) is 2.99. The second-order valence-corrected chi connectivity index (χ2v) is 6.74. The lowest BCUT2D eigenvalue weighted by atomic mass is 9.82. The van der Waals surface area contributed by atoms with E-state index in [1.165, 1.54) is 19.3 Å². The van der Waals surface area contributed by atoms with Crippen LogP contribution in [0.3, 0.4) is 0 Å². The molecule has 0 aromatic carbocycles. The number of rotatable bonds is 5. The highest BCUT2D eigenvalue weighted by atomic mass is 127. The molecule has 1 aliphatic heterocycles. The first-order valence-electron chi connectivity index (χ1n) is 8.02. The van der Waals surface area contributed by atoms with Crippen molar-refractivity contribution in [3.05, 3.63) is 0 Å². The number of carbonyl (C=O) groups is 1. The fraction of sp³-hybridized carbons (Fsp3) is 0.875. The maximum absolute atomic E-state index is 11.8. The molecule has 5 nitrogen and oxygen atoms in total. The van der Waals surface area contributed by atoms with E-state index in [0.717, 1.165) is 19.0 Å². The predicted molar refractivity (Wildman–Crippen MR) is 104 cm³/mol. The number of carbonyl (C=O) groups excluding carboxylic acids is 1. The molecule has 6 heteroatoms. The first-order chi connectivity index (χ1) is 9.84. The highest BCUT2D eigenvalue weighted by Gasteiger charge is 2.36. The number of aliphatic imine (C=N–C) groups is 1. The average Bonchev–Trinajstić information content (AvgIpc) is 2.92. The van der Waals surface area contributed by atoms with Gasteiger partial charge in [-0.15, -0.1) is 24.0 Å². The van der Waals surface area contributed by atoms with Crippen molar-refractivity contribution in [1.29, 1.82) is 0 Å². The molecule has 130 valence electrons. The van der Waals surface area contributed by atoms with Crippen LogP contribution in [0.5, 0.6) is 0 Å².